The van der Waals surface area contributed by atoms with Crippen molar-refractivity contribution in [3.63, 3.8) is 0 Å². The zero-order chi connectivity index (χ0) is 28.1. The fraction of sp³-hybridized carbons (Fsp3) is 0.226. The van der Waals surface area contributed by atoms with Gasteiger partial charge in [-0.1, -0.05) is 60.7 Å². The molecule has 0 spiro atoms. The number of carbonyl (C=O) groups is 2. The van der Waals surface area contributed by atoms with Crippen molar-refractivity contribution in [1.29, 1.82) is 0 Å². The maximum Gasteiger partial charge on any atom is 0.268 e. The zero-order valence-electron chi connectivity index (χ0n) is 22.2. The van der Waals surface area contributed by atoms with Gasteiger partial charge in [0.2, 0.25) is 6.41 Å². The summed E-state index contributed by atoms with van der Waals surface area (Å²) in [5, 5.41) is 29.3. The van der Waals surface area contributed by atoms with E-state index in [-0.39, 0.29) is 6.61 Å². The number of carbonyl (C=O) groups excluding carboxylic acids is 2. The van der Waals surface area contributed by atoms with Gasteiger partial charge in [-0.15, -0.1) is 5.10 Å². The van der Waals surface area contributed by atoms with Crippen LogP contribution in [-0.2, 0) is 28.2 Å². The van der Waals surface area contributed by atoms with Crippen LogP contribution in [-0.4, -0.2) is 44.1 Å². The largest absolute Gasteiger partial charge is 0.396 e. The first-order valence-electron chi connectivity index (χ1n) is 13.2. The number of nitrogens with zero attached hydrogens (tertiary/aromatic N) is 5. The minimum atomic E-state index is -1.86. The van der Waals surface area contributed by atoms with E-state index in [0.717, 1.165) is 12.1 Å². The Labute approximate surface area is 232 Å². The van der Waals surface area contributed by atoms with Crippen molar-refractivity contribution < 1.29 is 19.8 Å². The number of anilines is 4. The van der Waals surface area contributed by atoms with E-state index in [1.165, 1.54) is 9.80 Å². The lowest BCUT2D eigenvalue weighted by Gasteiger charge is -2.28. The summed E-state index contributed by atoms with van der Waals surface area (Å²) >= 11 is 0. The minimum Gasteiger partial charge on any atom is -0.396 e. The summed E-state index contributed by atoms with van der Waals surface area (Å²) in [4.78, 5) is 29.1. The summed E-state index contributed by atoms with van der Waals surface area (Å²) in [6.07, 6.45) is 7.33. The van der Waals surface area contributed by atoms with E-state index in [4.69, 9.17) is 5.11 Å². The molecule has 2 N–H and O–H groups in total. The molecule has 204 valence electrons. The van der Waals surface area contributed by atoms with Crippen LogP contribution in [0, 0.1) is 5.92 Å². The highest BCUT2D eigenvalue weighted by atomic mass is 16.3. The van der Waals surface area contributed by atoms with Gasteiger partial charge in [-0.25, -0.2) is 0 Å². The first kappa shape index (κ1) is 27.0. The molecule has 1 aromatic heterocycles. The van der Waals surface area contributed by atoms with Gasteiger partial charge >= 0.3 is 0 Å². The third kappa shape index (κ3) is 5.04. The topological polar surface area (TPSA) is 112 Å². The van der Waals surface area contributed by atoms with Crippen molar-refractivity contribution in [3.05, 3.63) is 108 Å². The van der Waals surface area contributed by atoms with E-state index in [1.54, 1.807) is 29.1 Å². The van der Waals surface area contributed by atoms with Gasteiger partial charge in [-0.3, -0.25) is 24.1 Å². The van der Waals surface area contributed by atoms with Crippen molar-refractivity contribution in [2.75, 3.05) is 16.4 Å². The van der Waals surface area contributed by atoms with E-state index < -0.39 is 17.4 Å². The molecule has 1 aliphatic rings. The predicted octanol–water partition coefficient (Wildman–Crippen LogP) is 4.26. The van der Waals surface area contributed by atoms with Crippen LogP contribution in [0.3, 0.4) is 0 Å². The van der Waals surface area contributed by atoms with Crippen LogP contribution < -0.4 is 9.80 Å². The fourth-order valence-corrected chi connectivity index (χ4v) is 5.03. The Balaban J connectivity index is 1.47. The van der Waals surface area contributed by atoms with E-state index >= 15 is 0 Å². The smallest absolute Gasteiger partial charge is 0.268 e. The van der Waals surface area contributed by atoms with E-state index in [1.807, 2.05) is 79.7 Å². The lowest BCUT2D eigenvalue weighted by Crippen LogP contribution is -2.42. The molecular formula is C31H31N5O4. The van der Waals surface area contributed by atoms with Gasteiger partial charge in [-0.05, 0) is 48.9 Å². The van der Waals surface area contributed by atoms with Gasteiger partial charge in [0.05, 0.1) is 11.4 Å². The van der Waals surface area contributed by atoms with Crippen LogP contribution in [0.1, 0.15) is 24.6 Å². The molecular weight excluding hydrogens is 506 g/mol. The summed E-state index contributed by atoms with van der Waals surface area (Å²) in [6, 6.07) is 23.7. The minimum absolute atomic E-state index is 0.0157. The zero-order valence-corrected chi connectivity index (χ0v) is 22.2. The standard InChI is InChI=1S/C31H31N5O4/c1-23(10-8-9-18-34-21-24(17-19-37)32-33-34)31(40)28-20-27(35(22-38)25-11-4-2-5-12-25)15-16-29(28)36(30(31)39)26-13-6-3-7-14-26/h2-8,10-16,20-23,37,40H,9,17-19H2,1H3/b10-8+/t23-,31+/m1/s1. The maximum absolute atomic E-state index is 14.0. The second-order valence-corrected chi connectivity index (χ2v) is 9.71. The Morgan fingerprint density at radius 1 is 1.02 bits per heavy atom. The molecule has 0 bridgehead atoms. The third-order valence-electron chi connectivity index (χ3n) is 7.16. The number of fused-ring (bicyclic) bond motifs is 1. The van der Waals surface area contributed by atoms with Gasteiger partial charge in [0.25, 0.3) is 5.91 Å². The van der Waals surface area contributed by atoms with Gasteiger partial charge in [0, 0.05) is 54.3 Å². The first-order valence-corrected chi connectivity index (χ1v) is 13.2. The van der Waals surface area contributed by atoms with Crippen molar-refractivity contribution in [2.24, 2.45) is 5.92 Å². The summed E-state index contributed by atoms with van der Waals surface area (Å²) in [5.74, 6) is -1.03. The number of aliphatic hydroxyl groups is 2. The van der Waals surface area contributed by atoms with E-state index in [2.05, 4.69) is 10.3 Å². The number of allylic oxidation sites excluding steroid dienone is 1. The molecule has 1 aliphatic heterocycles. The van der Waals surface area contributed by atoms with E-state index in [0.29, 0.717) is 47.7 Å². The lowest BCUT2D eigenvalue weighted by atomic mass is 9.82. The van der Waals surface area contributed by atoms with E-state index in [9.17, 15) is 14.7 Å². The molecule has 0 fully saturated rings. The van der Waals surface area contributed by atoms with Gasteiger partial charge in [0.15, 0.2) is 5.60 Å². The second kappa shape index (κ2) is 11.6. The highest BCUT2D eigenvalue weighted by molar-refractivity contribution is 6.12. The molecule has 0 saturated heterocycles. The van der Waals surface area contributed by atoms with Crippen molar-refractivity contribution in [3.8, 4) is 0 Å². The average molecular weight is 538 g/mol. The number of rotatable bonds is 11. The third-order valence-corrected chi connectivity index (χ3v) is 7.16. The monoisotopic (exact) mass is 537 g/mol. The molecule has 2 atom stereocenters. The molecule has 0 aliphatic carbocycles. The Morgan fingerprint density at radius 2 is 1.75 bits per heavy atom. The fourth-order valence-electron chi connectivity index (χ4n) is 5.03. The number of para-hydroxylation sites is 2. The predicted molar refractivity (Wildman–Crippen MR) is 152 cm³/mol. The first-order chi connectivity index (χ1) is 19.5. The number of hydrogen-bond donors (Lipinski definition) is 2. The maximum atomic E-state index is 14.0. The molecule has 4 aromatic rings. The highest BCUT2D eigenvalue weighted by Crippen LogP contribution is 2.49. The Hall–Kier alpha value is -4.60. The lowest BCUT2D eigenvalue weighted by molar-refractivity contribution is -0.138. The second-order valence-electron chi connectivity index (χ2n) is 9.71. The summed E-state index contributed by atoms with van der Waals surface area (Å²) in [7, 11) is 0. The normalized spacial score (nSPS) is 17.3. The van der Waals surface area contributed by atoms with Crippen LogP contribution in [0.2, 0.25) is 0 Å². The van der Waals surface area contributed by atoms with Crippen LogP contribution >= 0.6 is 0 Å². The molecule has 3 aromatic carbocycles. The van der Waals surface area contributed by atoms with Gasteiger partial charge in [0.1, 0.15) is 0 Å². The molecule has 9 heteroatoms. The molecule has 40 heavy (non-hydrogen) atoms. The van der Waals surface area contributed by atoms with Crippen molar-refractivity contribution >= 4 is 35.1 Å². The van der Waals surface area contributed by atoms with Gasteiger partial charge in [-0.2, -0.15) is 0 Å². The summed E-state index contributed by atoms with van der Waals surface area (Å²) in [6.45, 7) is 2.39. The number of benzene rings is 3. The number of aromatic nitrogens is 3. The number of aryl methyl sites for hydroxylation is 1. The quantitative estimate of drug-likeness (QED) is 0.219. The number of amides is 2. The van der Waals surface area contributed by atoms with Crippen LogP contribution in [0.5, 0.6) is 0 Å². The Kier molecular flexibility index (Phi) is 7.86. The Morgan fingerprint density at radius 3 is 2.45 bits per heavy atom. The summed E-state index contributed by atoms with van der Waals surface area (Å²) < 4.78 is 1.70. The summed E-state index contributed by atoms with van der Waals surface area (Å²) in [5.41, 5.74) is 1.73. The average Bonchev–Trinajstić information content (AvgIpc) is 3.52. The highest BCUT2D eigenvalue weighted by Gasteiger charge is 2.53. The van der Waals surface area contributed by atoms with Gasteiger partial charge < -0.3 is 10.2 Å². The van der Waals surface area contributed by atoms with Crippen molar-refractivity contribution in [1.82, 2.24) is 15.0 Å². The molecule has 2 amide bonds. The molecule has 0 saturated carbocycles. The van der Waals surface area contributed by atoms with Crippen LogP contribution in [0.4, 0.5) is 22.7 Å². The van der Waals surface area contributed by atoms with Crippen LogP contribution in [0.15, 0.2) is 97.2 Å². The number of hydrogen-bond acceptors (Lipinski definition) is 6. The molecule has 5 rings (SSSR count). The van der Waals surface area contributed by atoms with Crippen molar-refractivity contribution in [2.45, 2.75) is 31.9 Å². The SMILES string of the molecule is C[C@H](/C=C/CCn1cc(CCO)nn1)[C@@]1(O)C(=O)N(c2ccccc2)c2ccc(N(C=O)c3ccccc3)cc21. The molecule has 0 unspecified atom stereocenters. The number of aliphatic hydroxyl groups excluding tert-OH is 1. The molecule has 0 radical (unpaired) electrons. The van der Waals surface area contributed by atoms with Crippen LogP contribution in [0.25, 0.3) is 0 Å². The molecule has 2 heterocycles. The Bertz CT molecular complexity index is 1500. The molecule has 9 nitrogen and oxygen atoms in total.